The van der Waals surface area contributed by atoms with Crippen molar-refractivity contribution in [1.82, 2.24) is 5.32 Å². The van der Waals surface area contributed by atoms with Crippen LogP contribution >= 0.6 is 0 Å². The quantitative estimate of drug-likeness (QED) is 0.775. The van der Waals surface area contributed by atoms with Gasteiger partial charge in [-0.3, -0.25) is 4.79 Å². The first-order valence-corrected chi connectivity index (χ1v) is 6.51. The normalized spacial score (nSPS) is 14.2. The van der Waals surface area contributed by atoms with Crippen LogP contribution in [-0.4, -0.2) is 23.6 Å². The lowest BCUT2D eigenvalue weighted by Gasteiger charge is -2.11. The first-order valence-electron chi connectivity index (χ1n) is 6.51. The lowest BCUT2D eigenvalue weighted by atomic mass is 10.1. The second kappa shape index (κ2) is 6.75. The number of rotatable bonds is 6. The molecule has 0 heterocycles. The Morgan fingerprint density at radius 3 is 2.75 bits per heavy atom. The van der Waals surface area contributed by atoms with Crippen molar-refractivity contribution in [3.05, 3.63) is 42.0 Å². The van der Waals surface area contributed by atoms with E-state index in [1.807, 2.05) is 18.2 Å². The van der Waals surface area contributed by atoms with Gasteiger partial charge in [-0.2, -0.15) is 0 Å². The van der Waals surface area contributed by atoms with Gasteiger partial charge in [-0.05, 0) is 30.5 Å². The predicted molar refractivity (Wildman–Crippen MR) is 73.3 cm³/mol. The number of hydrogen-bond acceptors (Lipinski definition) is 3. The van der Waals surface area contributed by atoms with Crippen molar-refractivity contribution in [2.75, 3.05) is 6.61 Å². The summed E-state index contributed by atoms with van der Waals surface area (Å²) < 4.78 is 5.09. The zero-order chi connectivity index (χ0) is 14.4. The number of carbonyl (C=O) groups is 2. The smallest absolute Gasteiger partial charge is 0.341 e. The number of hydrogen-bond donors (Lipinski definition) is 2. The maximum atomic E-state index is 11.9. The molecule has 1 aromatic carbocycles. The molecule has 1 aliphatic rings. The number of amides is 1. The van der Waals surface area contributed by atoms with Gasteiger partial charge in [0.25, 0.3) is 0 Å². The van der Waals surface area contributed by atoms with Gasteiger partial charge < -0.3 is 15.2 Å². The first kappa shape index (κ1) is 14.1. The minimum Gasteiger partial charge on any atom is -0.482 e. The predicted octanol–water partition coefficient (Wildman–Crippen LogP) is 1.73. The van der Waals surface area contributed by atoms with E-state index in [1.165, 1.54) is 0 Å². The molecule has 1 aromatic rings. The van der Waals surface area contributed by atoms with E-state index in [0.717, 1.165) is 18.4 Å². The SMILES string of the molecule is O=C(O)COc1cccc(CNC(=O)C2CC=CC2)c1. The lowest BCUT2D eigenvalue weighted by molar-refractivity contribution is -0.139. The number of carboxylic acids is 1. The summed E-state index contributed by atoms with van der Waals surface area (Å²) >= 11 is 0. The highest BCUT2D eigenvalue weighted by atomic mass is 16.5. The van der Waals surface area contributed by atoms with Crippen LogP contribution in [0.3, 0.4) is 0 Å². The summed E-state index contributed by atoms with van der Waals surface area (Å²) in [5, 5.41) is 11.4. The summed E-state index contributed by atoms with van der Waals surface area (Å²) in [6.07, 6.45) is 5.64. The zero-order valence-electron chi connectivity index (χ0n) is 11.0. The fourth-order valence-corrected chi connectivity index (χ4v) is 2.06. The van der Waals surface area contributed by atoms with Gasteiger partial charge in [-0.25, -0.2) is 4.79 Å². The Morgan fingerprint density at radius 2 is 2.05 bits per heavy atom. The van der Waals surface area contributed by atoms with Crippen LogP contribution in [0.1, 0.15) is 18.4 Å². The van der Waals surface area contributed by atoms with Gasteiger partial charge in [0, 0.05) is 12.5 Å². The summed E-state index contributed by atoms with van der Waals surface area (Å²) in [5.41, 5.74) is 0.882. The highest BCUT2D eigenvalue weighted by Gasteiger charge is 2.18. The number of ether oxygens (including phenoxy) is 1. The van der Waals surface area contributed by atoms with Crippen LogP contribution in [0.5, 0.6) is 5.75 Å². The number of carbonyl (C=O) groups excluding carboxylic acids is 1. The van der Waals surface area contributed by atoms with Gasteiger partial charge >= 0.3 is 5.97 Å². The van der Waals surface area contributed by atoms with Gasteiger partial charge in [0.1, 0.15) is 5.75 Å². The topological polar surface area (TPSA) is 75.6 Å². The number of carboxylic acid groups (broad SMARTS) is 1. The van der Waals surface area contributed by atoms with Crippen molar-refractivity contribution < 1.29 is 19.4 Å². The second-order valence-electron chi connectivity index (χ2n) is 4.69. The standard InChI is InChI=1S/C15H17NO4/c17-14(18)10-20-13-7-3-4-11(8-13)9-16-15(19)12-5-1-2-6-12/h1-4,7-8,12H,5-6,9-10H2,(H,16,19)(H,17,18). The molecular weight excluding hydrogens is 258 g/mol. The molecule has 2 N–H and O–H groups in total. The third-order valence-electron chi connectivity index (χ3n) is 3.11. The van der Waals surface area contributed by atoms with Gasteiger partial charge in [0.05, 0.1) is 0 Å². The first-order chi connectivity index (χ1) is 9.65. The highest BCUT2D eigenvalue weighted by Crippen LogP contribution is 2.18. The minimum atomic E-state index is -1.02. The molecule has 0 saturated heterocycles. The molecule has 0 aromatic heterocycles. The molecule has 2 rings (SSSR count). The molecule has 5 heteroatoms. The van der Waals surface area contributed by atoms with Crippen LogP contribution in [0.2, 0.25) is 0 Å². The van der Waals surface area contributed by atoms with E-state index in [2.05, 4.69) is 5.32 Å². The average molecular weight is 275 g/mol. The van der Waals surface area contributed by atoms with E-state index < -0.39 is 5.97 Å². The second-order valence-corrected chi connectivity index (χ2v) is 4.69. The van der Waals surface area contributed by atoms with Crippen LogP contribution in [0, 0.1) is 5.92 Å². The molecule has 0 radical (unpaired) electrons. The van der Waals surface area contributed by atoms with Gasteiger partial charge in [0.15, 0.2) is 6.61 Å². The van der Waals surface area contributed by atoms with Crippen LogP contribution in [0.4, 0.5) is 0 Å². The van der Waals surface area contributed by atoms with E-state index in [-0.39, 0.29) is 18.4 Å². The van der Waals surface area contributed by atoms with Crippen molar-refractivity contribution in [2.24, 2.45) is 5.92 Å². The van der Waals surface area contributed by atoms with Crippen molar-refractivity contribution >= 4 is 11.9 Å². The molecule has 0 fully saturated rings. The molecule has 5 nitrogen and oxygen atoms in total. The number of aliphatic carboxylic acids is 1. The molecule has 1 amide bonds. The lowest BCUT2D eigenvalue weighted by Crippen LogP contribution is -2.28. The molecule has 106 valence electrons. The molecule has 1 aliphatic carbocycles. The van der Waals surface area contributed by atoms with Gasteiger partial charge in [-0.15, -0.1) is 0 Å². The molecule has 0 spiro atoms. The highest BCUT2D eigenvalue weighted by molar-refractivity contribution is 5.79. The average Bonchev–Trinajstić information content (AvgIpc) is 2.97. The Morgan fingerprint density at radius 1 is 1.30 bits per heavy atom. The Balaban J connectivity index is 1.84. The fraction of sp³-hybridized carbons (Fsp3) is 0.333. The zero-order valence-corrected chi connectivity index (χ0v) is 11.0. The van der Waals surface area contributed by atoms with Crippen molar-refractivity contribution in [3.8, 4) is 5.75 Å². The van der Waals surface area contributed by atoms with Crippen molar-refractivity contribution in [2.45, 2.75) is 19.4 Å². The summed E-state index contributed by atoms with van der Waals surface area (Å²) in [6.45, 7) is 0.0448. The molecule has 0 bridgehead atoms. The van der Waals surface area contributed by atoms with Crippen LogP contribution in [0.15, 0.2) is 36.4 Å². The molecule has 20 heavy (non-hydrogen) atoms. The Labute approximate surface area is 117 Å². The Hall–Kier alpha value is -2.30. The molecular formula is C15H17NO4. The maximum Gasteiger partial charge on any atom is 0.341 e. The molecule has 0 atom stereocenters. The number of nitrogens with one attached hydrogen (secondary N) is 1. The van der Waals surface area contributed by atoms with E-state index in [9.17, 15) is 9.59 Å². The third kappa shape index (κ3) is 4.12. The molecule has 0 aliphatic heterocycles. The van der Waals surface area contributed by atoms with Crippen molar-refractivity contribution in [3.63, 3.8) is 0 Å². The van der Waals surface area contributed by atoms with E-state index in [0.29, 0.717) is 12.3 Å². The van der Waals surface area contributed by atoms with Gasteiger partial charge in [0.2, 0.25) is 5.91 Å². The van der Waals surface area contributed by atoms with Gasteiger partial charge in [-0.1, -0.05) is 24.3 Å². The molecule has 0 unspecified atom stereocenters. The summed E-state index contributed by atoms with van der Waals surface area (Å²) in [6, 6.07) is 7.06. The monoisotopic (exact) mass is 275 g/mol. The summed E-state index contributed by atoms with van der Waals surface area (Å²) in [5.74, 6) is -0.438. The third-order valence-corrected chi connectivity index (χ3v) is 3.11. The van der Waals surface area contributed by atoms with E-state index >= 15 is 0 Å². The minimum absolute atomic E-state index is 0.0430. The van der Waals surface area contributed by atoms with E-state index in [4.69, 9.17) is 9.84 Å². The van der Waals surface area contributed by atoms with Crippen LogP contribution < -0.4 is 10.1 Å². The Bertz CT molecular complexity index is 516. The largest absolute Gasteiger partial charge is 0.482 e. The Kier molecular flexibility index (Phi) is 4.76. The maximum absolute atomic E-state index is 11.9. The fourth-order valence-electron chi connectivity index (χ4n) is 2.06. The number of allylic oxidation sites excluding steroid dienone is 2. The van der Waals surface area contributed by atoms with Crippen molar-refractivity contribution in [1.29, 1.82) is 0 Å². The number of benzene rings is 1. The van der Waals surface area contributed by atoms with E-state index in [1.54, 1.807) is 18.2 Å². The van der Waals surface area contributed by atoms with Crippen LogP contribution in [0.25, 0.3) is 0 Å². The molecule has 0 saturated carbocycles. The summed E-state index contributed by atoms with van der Waals surface area (Å²) in [4.78, 5) is 22.3. The summed E-state index contributed by atoms with van der Waals surface area (Å²) in [7, 11) is 0. The van der Waals surface area contributed by atoms with Crippen LogP contribution in [-0.2, 0) is 16.1 Å².